The summed E-state index contributed by atoms with van der Waals surface area (Å²) in [6.07, 6.45) is 36.0. The second-order valence-corrected chi connectivity index (χ2v) is 14.7. The monoisotopic (exact) mass is 684 g/mol. The van der Waals surface area contributed by atoms with Gasteiger partial charge in [-0.25, -0.2) is 4.57 Å². The molecule has 0 bridgehead atoms. The molecule has 0 fully saturated rings. The standard InChI is InChI=1S/C38H70NO7P/c1-6-8-10-12-13-14-15-16-17-18-19-20-21-22-23-24-25-26-28-30-33-43-35-37(46-38(40)31-29-27-11-9-7-2)36-45-47(41,42)44-34-32-39(3,4)5/h8,10,13-14,16-17,19-20,37H,6-7,9,11-12,15,18,21-36H2,1-5H3/p+1/b10-8-,14-13-,17-16-,20-19-. The fourth-order valence-electron chi connectivity index (χ4n) is 4.54. The predicted octanol–water partition coefficient (Wildman–Crippen LogP) is 10.0. The van der Waals surface area contributed by atoms with Crippen molar-refractivity contribution in [2.24, 2.45) is 0 Å². The largest absolute Gasteiger partial charge is 0.472 e. The molecule has 2 unspecified atom stereocenters. The first-order valence-corrected chi connectivity index (χ1v) is 19.9. The van der Waals surface area contributed by atoms with Gasteiger partial charge >= 0.3 is 13.8 Å². The van der Waals surface area contributed by atoms with Gasteiger partial charge in [0, 0.05) is 13.0 Å². The highest BCUT2D eigenvalue weighted by atomic mass is 31.2. The number of unbranched alkanes of at least 4 members (excludes halogenated alkanes) is 11. The lowest BCUT2D eigenvalue weighted by Crippen LogP contribution is -2.37. The number of allylic oxidation sites excluding steroid dienone is 8. The zero-order chi connectivity index (χ0) is 34.9. The van der Waals surface area contributed by atoms with E-state index in [2.05, 4.69) is 62.5 Å². The third kappa shape index (κ3) is 35.6. The van der Waals surface area contributed by atoms with E-state index in [1.165, 1.54) is 32.1 Å². The molecule has 0 saturated heterocycles. The van der Waals surface area contributed by atoms with Gasteiger partial charge in [0.25, 0.3) is 0 Å². The van der Waals surface area contributed by atoms with Crippen molar-refractivity contribution in [2.75, 3.05) is 54.1 Å². The van der Waals surface area contributed by atoms with Crippen LogP contribution >= 0.6 is 7.82 Å². The predicted molar refractivity (Wildman–Crippen MR) is 196 cm³/mol. The van der Waals surface area contributed by atoms with E-state index in [-0.39, 0.29) is 25.8 Å². The first kappa shape index (κ1) is 45.5. The van der Waals surface area contributed by atoms with E-state index in [4.69, 9.17) is 18.5 Å². The molecule has 1 N–H and O–H groups in total. The number of rotatable bonds is 33. The molecule has 0 aliphatic carbocycles. The van der Waals surface area contributed by atoms with Crippen molar-refractivity contribution in [1.29, 1.82) is 0 Å². The number of carbonyl (C=O) groups is 1. The third-order valence-electron chi connectivity index (χ3n) is 7.40. The van der Waals surface area contributed by atoms with Gasteiger partial charge in [0.1, 0.15) is 19.3 Å². The lowest BCUT2D eigenvalue weighted by Gasteiger charge is -2.24. The number of quaternary nitrogens is 1. The second kappa shape index (κ2) is 31.7. The van der Waals surface area contributed by atoms with E-state index in [1.807, 2.05) is 21.1 Å². The molecule has 8 nitrogen and oxygen atoms in total. The van der Waals surface area contributed by atoms with E-state index in [0.717, 1.165) is 77.0 Å². The molecule has 0 spiro atoms. The molecule has 0 aliphatic rings. The molecular weight excluding hydrogens is 613 g/mol. The molecule has 0 radical (unpaired) electrons. The molecule has 0 amide bonds. The Morgan fingerprint density at radius 1 is 0.681 bits per heavy atom. The van der Waals surface area contributed by atoms with Crippen molar-refractivity contribution in [3.05, 3.63) is 48.6 Å². The number of phosphoric acid groups is 1. The second-order valence-electron chi connectivity index (χ2n) is 13.2. The zero-order valence-corrected chi connectivity index (χ0v) is 31.6. The summed E-state index contributed by atoms with van der Waals surface area (Å²) in [5.41, 5.74) is 0. The number of esters is 1. The van der Waals surface area contributed by atoms with E-state index >= 15 is 0 Å². The fraction of sp³-hybridized carbons (Fsp3) is 0.763. The van der Waals surface area contributed by atoms with E-state index in [1.54, 1.807) is 0 Å². The van der Waals surface area contributed by atoms with Crippen LogP contribution in [0.25, 0.3) is 0 Å². The topological polar surface area (TPSA) is 91.3 Å². The molecule has 2 atom stereocenters. The van der Waals surface area contributed by atoms with Gasteiger partial charge in [0.05, 0.1) is 34.4 Å². The Morgan fingerprint density at radius 2 is 1.23 bits per heavy atom. The van der Waals surface area contributed by atoms with E-state index in [9.17, 15) is 14.3 Å². The third-order valence-corrected chi connectivity index (χ3v) is 8.39. The van der Waals surface area contributed by atoms with Gasteiger partial charge < -0.3 is 18.9 Å². The number of likely N-dealkylation sites (N-methyl/N-ethyl adjacent to an activating group) is 1. The average Bonchev–Trinajstić information content (AvgIpc) is 3.01. The number of nitrogens with zero attached hydrogens (tertiary/aromatic N) is 1. The summed E-state index contributed by atoms with van der Waals surface area (Å²) in [5, 5.41) is 0. The Kier molecular flexibility index (Phi) is 30.7. The Hall–Kier alpha value is -1.54. The van der Waals surface area contributed by atoms with E-state index in [0.29, 0.717) is 24.1 Å². The highest BCUT2D eigenvalue weighted by molar-refractivity contribution is 7.47. The molecule has 0 aromatic carbocycles. The molecule has 0 saturated carbocycles. The van der Waals surface area contributed by atoms with Crippen LogP contribution < -0.4 is 0 Å². The van der Waals surface area contributed by atoms with Crippen LogP contribution in [-0.4, -0.2) is 75.6 Å². The maximum Gasteiger partial charge on any atom is 0.472 e. The van der Waals surface area contributed by atoms with Gasteiger partial charge in [-0.15, -0.1) is 0 Å². The number of hydrogen-bond acceptors (Lipinski definition) is 6. The minimum Gasteiger partial charge on any atom is -0.457 e. The molecule has 0 aliphatic heterocycles. The van der Waals surface area contributed by atoms with Crippen LogP contribution in [-0.2, 0) is 27.9 Å². The Balaban J connectivity index is 4.12. The number of carbonyl (C=O) groups excluding carboxylic acids is 1. The van der Waals surface area contributed by atoms with Gasteiger partial charge in [0.15, 0.2) is 0 Å². The van der Waals surface area contributed by atoms with Crippen molar-refractivity contribution >= 4 is 13.8 Å². The quantitative estimate of drug-likeness (QED) is 0.0242. The highest BCUT2D eigenvalue weighted by Crippen LogP contribution is 2.43. The molecule has 0 aromatic heterocycles. The average molecular weight is 685 g/mol. The number of hydrogen-bond donors (Lipinski definition) is 1. The molecule has 274 valence electrons. The smallest absolute Gasteiger partial charge is 0.457 e. The van der Waals surface area contributed by atoms with Crippen LogP contribution in [0.3, 0.4) is 0 Å². The molecule has 9 heteroatoms. The Morgan fingerprint density at radius 3 is 1.85 bits per heavy atom. The normalized spacial score (nSPS) is 14.6. The summed E-state index contributed by atoms with van der Waals surface area (Å²) in [6, 6.07) is 0. The number of phosphoric ester groups is 1. The first-order valence-electron chi connectivity index (χ1n) is 18.4. The van der Waals surface area contributed by atoms with Crippen molar-refractivity contribution in [3.8, 4) is 0 Å². The Labute approximate surface area is 288 Å². The van der Waals surface area contributed by atoms with Crippen molar-refractivity contribution in [3.63, 3.8) is 0 Å². The van der Waals surface area contributed by atoms with Crippen LogP contribution in [0, 0.1) is 0 Å². The van der Waals surface area contributed by atoms with Gasteiger partial charge in [-0.2, -0.15) is 0 Å². The summed E-state index contributed by atoms with van der Waals surface area (Å²) >= 11 is 0. The Bertz CT molecular complexity index is 895. The minimum absolute atomic E-state index is 0.0846. The van der Waals surface area contributed by atoms with Crippen LogP contribution in [0.2, 0.25) is 0 Å². The number of ether oxygens (including phenoxy) is 2. The fourth-order valence-corrected chi connectivity index (χ4v) is 5.28. The summed E-state index contributed by atoms with van der Waals surface area (Å²) in [4.78, 5) is 22.5. The molecular formula is C38H71NO7P+. The summed E-state index contributed by atoms with van der Waals surface area (Å²) < 4.78 is 34.6. The molecule has 0 heterocycles. The van der Waals surface area contributed by atoms with Crippen molar-refractivity contribution in [2.45, 2.75) is 136 Å². The molecule has 47 heavy (non-hydrogen) atoms. The van der Waals surface area contributed by atoms with E-state index < -0.39 is 13.9 Å². The van der Waals surface area contributed by atoms with Gasteiger partial charge in [-0.05, 0) is 51.4 Å². The van der Waals surface area contributed by atoms with Gasteiger partial charge in [-0.1, -0.05) is 120 Å². The summed E-state index contributed by atoms with van der Waals surface area (Å²) in [7, 11) is 1.65. The molecule has 0 aromatic rings. The van der Waals surface area contributed by atoms with Crippen LogP contribution in [0.4, 0.5) is 0 Å². The van der Waals surface area contributed by atoms with Crippen LogP contribution in [0.5, 0.6) is 0 Å². The van der Waals surface area contributed by atoms with Gasteiger partial charge in [-0.3, -0.25) is 13.8 Å². The summed E-state index contributed by atoms with van der Waals surface area (Å²) in [6.45, 7) is 5.37. The maximum atomic E-state index is 12.4. The van der Waals surface area contributed by atoms with Crippen molar-refractivity contribution < 1.29 is 37.3 Å². The SMILES string of the molecule is CC/C=C\C/C=C\C/C=C\C/C=C\CCCCCCCCCOCC(COP(=O)(O)OCC[N+](C)(C)C)OC(=O)CCCCCCC. The van der Waals surface area contributed by atoms with Crippen LogP contribution in [0.1, 0.15) is 129 Å². The molecule has 0 rings (SSSR count). The minimum atomic E-state index is -4.26. The highest BCUT2D eigenvalue weighted by Gasteiger charge is 2.26. The maximum absolute atomic E-state index is 12.4. The van der Waals surface area contributed by atoms with Crippen LogP contribution in [0.15, 0.2) is 48.6 Å². The van der Waals surface area contributed by atoms with Crippen molar-refractivity contribution in [1.82, 2.24) is 0 Å². The summed E-state index contributed by atoms with van der Waals surface area (Å²) in [5.74, 6) is -0.334. The van der Waals surface area contributed by atoms with Gasteiger partial charge in [0.2, 0.25) is 0 Å². The lowest BCUT2D eigenvalue weighted by molar-refractivity contribution is -0.870. The first-order chi connectivity index (χ1) is 22.6. The zero-order valence-electron chi connectivity index (χ0n) is 30.8. The lowest BCUT2D eigenvalue weighted by atomic mass is 10.1.